The van der Waals surface area contributed by atoms with Crippen molar-refractivity contribution in [3.63, 3.8) is 0 Å². The summed E-state index contributed by atoms with van der Waals surface area (Å²) in [6, 6.07) is 9.83. The molecule has 26 heavy (non-hydrogen) atoms. The van der Waals surface area contributed by atoms with Crippen molar-refractivity contribution in [2.24, 2.45) is 5.92 Å². The van der Waals surface area contributed by atoms with Gasteiger partial charge in [0.2, 0.25) is 11.9 Å². The lowest BCUT2D eigenvalue weighted by atomic mass is 9.97. The van der Waals surface area contributed by atoms with Crippen LogP contribution in [0.3, 0.4) is 0 Å². The number of ether oxygens (including phenoxy) is 1. The van der Waals surface area contributed by atoms with Gasteiger partial charge in [-0.05, 0) is 49.9 Å². The zero-order chi connectivity index (χ0) is 18.4. The Hall–Kier alpha value is -2.63. The lowest BCUT2D eigenvalue weighted by Gasteiger charge is -2.32. The van der Waals surface area contributed by atoms with Gasteiger partial charge in [-0.25, -0.2) is 9.97 Å². The quantitative estimate of drug-likeness (QED) is 0.863. The van der Waals surface area contributed by atoms with Crippen molar-refractivity contribution in [3.05, 3.63) is 47.8 Å². The molecule has 2 aromatic rings. The van der Waals surface area contributed by atoms with Crippen LogP contribution in [0.5, 0.6) is 5.75 Å². The molecule has 2 heterocycles. The molecule has 1 N–H and O–H groups in total. The molecule has 1 saturated heterocycles. The van der Waals surface area contributed by atoms with Crippen molar-refractivity contribution < 1.29 is 9.53 Å². The Morgan fingerprint density at radius 3 is 2.85 bits per heavy atom. The molecule has 0 saturated carbocycles. The maximum absolute atomic E-state index is 12.5. The smallest absolute Gasteiger partial charge is 0.225 e. The molecular weight excluding hydrogens is 328 g/mol. The lowest BCUT2D eigenvalue weighted by molar-refractivity contribution is -0.125. The van der Waals surface area contributed by atoms with E-state index in [9.17, 15) is 4.79 Å². The van der Waals surface area contributed by atoms with E-state index in [0.717, 1.165) is 43.2 Å². The van der Waals surface area contributed by atoms with Crippen LogP contribution in [0, 0.1) is 12.8 Å². The summed E-state index contributed by atoms with van der Waals surface area (Å²) in [6.45, 7) is 4.18. The maximum atomic E-state index is 12.5. The van der Waals surface area contributed by atoms with Crippen LogP contribution in [0.25, 0.3) is 0 Å². The molecule has 1 fully saturated rings. The molecule has 138 valence electrons. The van der Waals surface area contributed by atoms with E-state index in [1.54, 1.807) is 13.3 Å². The van der Waals surface area contributed by atoms with Crippen LogP contribution in [0.2, 0.25) is 0 Å². The number of carbonyl (C=O) groups excluding carboxylic acids is 1. The van der Waals surface area contributed by atoms with Crippen LogP contribution in [0.4, 0.5) is 5.95 Å². The van der Waals surface area contributed by atoms with Crippen LogP contribution in [-0.4, -0.2) is 42.6 Å². The maximum Gasteiger partial charge on any atom is 0.225 e. The second kappa shape index (κ2) is 8.65. The minimum Gasteiger partial charge on any atom is -0.497 e. The number of amides is 1. The van der Waals surface area contributed by atoms with Crippen molar-refractivity contribution in [2.75, 3.05) is 31.6 Å². The standard InChI is InChI=1S/C20H26N4O2/c1-15-9-11-22-20(23-15)24-13-3-4-17(14-24)19(25)21-12-10-16-5-7-18(26-2)8-6-16/h5-9,11,17H,3-4,10,12-14H2,1-2H3,(H,21,25). The zero-order valence-corrected chi connectivity index (χ0v) is 15.4. The minimum absolute atomic E-state index is 0.0104. The summed E-state index contributed by atoms with van der Waals surface area (Å²) in [4.78, 5) is 23.5. The average Bonchev–Trinajstić information content (AvgIpc) is 2.68. The van der Waals surface area contributed by atoms with Gasteiger partial charge in [0.1, 0.15) is 5.75 Å². The minimum atomic E-state index is -0.0104. The lowest BCUT2D eigenvalue weighted by Crippen LogP contribution is -2.44. The number of methoxy groups -OCH3 is 1. The summed E-state index contributed by atoms with van der Waals surface area (Å²) >= 11 is 0. The van der Waals surface area contributed by atoms with Crippen molar-refractivity contribution >= 4 is 11.9 Å². The normalized spacial score (nSPS) is 17.0. The van der Waals surface area contributed by atoms with Crippen LogP contribution in [-0.2, 0) is 11.2 Å². The van der Waals surface area contributed by atoms with Gasteiger partial charge < -0.3 is 15.0 Å². The predicted molar refractivity (Wildman–Crippen MR) is 101 cm³/mol. The molecule has 3 rings (SSSR count). The molecule has 1 amide bonds. The number of benzene rings is 1. The molecule has 1 atom stereocenters. The predicted octanol–water partition coefficient (Wildman–Crippen LogP) is 2.37. The molecule has 1 aromatic carbocycles. The molecule has 1 aliphatic rings. The van der Waals surface area contributed by atoms with Gasteiger partial charge in [-0.2, -0.15) is 0 Å². The van der Waals surface area contributed by atoms with Gasteiger partial charge in [0.05, 0.1) is 13.0 Å². The van der Waals surface area contributed by atoms with Crippen LogP contribution in [0.1, 0.15) is 24.1 Å². The third-order valence-corrected chi connectivity index (χ3v) is 4.73. The molecule has 1 aromatic heterocycles. The SMILES string of the molecule is COc1ccc(CCNC(=O)C2CCCN(c3nccc(C)n3)C2)cc1. The summed E-state index contributed by atoms with van der Waals surface area (Å²) in [5, 5.41) is 3.08. The highest BCUT2D eigenvalue weighted by Gasteiger charge is 2.26. The number of anilines is 1. The zero-order valence-electron chi connectivity index (χ0n) is 15.4. The van der Waals surface area contributed by atoms with Gasteiger partial charge in [0.25, 0.3) is 0 Å². The number of rotatable bonds is 6. The van der Waals surface area contributed by atoms with E-state index in [1.807, 2.05) is 37.3 Å². The Labute approximate surface area is 154 Å². The number of carbonyl (C=O) groups is 1. The molecule has 6 nitrogen and oxygen atoms in total. The highest BCUT2D eigenvalue weighted by molar-refractivity contribution is 5.79. The van der Waals surface area contributed by atoms with Gasteiger partial charge in [-0.3, -0.25) is 4.79 Å². The topological polar surface area (TPSA) is 67.3 Å². The highest BCUT2D eigenvalue weighted by Crippen LogP contribution is 2.20. The van der Waals surface area contributed by atoms with Crippen molar-refractivity contribution in [3.8, 4) is 5.75 Å². The molecule has 0 radical (unpaired) electrons. The Balaban J connectivity index is 1.49. The number of nitrogens with one attached hydrogen (secondary N) is 1. The van der Waals surface area contributed by atoms with Gasteiger partial charge in [-0.1, -0.05) is 12.1 Å². The Bertz CT molecular complexity index is 733. The number of hydrogen-bond acceptors (Lipinski definition) is 5. The largest absolute Gasteiger partial charge is 0.497 e. The molecule has 6 heteroatoms. The first-order chi connectivity index (χ1) is 12.7. The second-order valence-electron chi connectivity index (χ2n) is 6.67. The summed E-state index contributed by atoms with van der Waals surface area (Å²) in [5.74, 6) is 1.68. The molecule has 1 unspecified atom stereocenters. The molecule has 0 bridgehead atoms. The van der Waals surface area contributed by atoms with E-state index in [4.69, 9.17) is 4.74 Å². The fourth-order valence-corrected chi connectivity index (χ4v) is 3.23. The molecule has 0 aliphatic carbocycles. The number of piperidine rings is 1. The van der Waals surface area contributed by atoms with Gasteiger partial charge in [-0.15, -0.1) is 0 Å². The summed E-state index contributed by atoms with van der Waals surface area (Å²) in [7, 11) is 1.66. The summed E-state index contributed by atoms with van der Waals surface area (Å²) in [5.41, 5.74) is 2.13. The van der Waals surface area contributed by atoms with Crippen molar-refractivity contribution in [1.29, 1.82) is 0 Å². The van der Waals surface area contributed by atoms with Crippen LogP contribution < -0.4 is 15.0 Å². The van der Waals surface area contributed by atoms with Gasteiger partial charge in [0, 0.05) is 31.5 Å². The van der Waals surface area contributed by atoms with Gasteiger partial charge >= 0.3 is 0 Å². The van der Waals surface area contributed by atoms with E-state index >= 15 is 0 Å². The fourth-order valence-electron chi connectivity index (χ4n) is 3.23. The summed E-state index contributed by atoms with van der Waals surface area (Å²) in [6.07, 6.45) is 4.48. The first-order valence-electron chi connectivity index (χ1n) is 9.11. The second-order valence-corrected chi connectivity index (χ2v) is 6.67. The number of nitrogens with zero attached hydrogens (tertiary/aromatic N) is 3. The van der Waals surface area contributed by atoms with E-state index in [0.29, 0.717) is 13.1 Å². The van der Waals surface area contributed by atoms with Gasteiger partial charge in [0.15, 0.2) is 0 Å². The average molecular weight is 354 g/mol. The monoisotopic (exact) mass is 354 g/mol. The van der Waals surface area contributed by atoms with Crippen molar-refractivity contribution in [1.82, 2.24) is 15.3 Å². The number of aryl methyl sites for hydroxylation is 1. The Morgan fingerprint density at radius 1 is 1.31 bits per heavy atom. The number of hydrogen-bond donors (Lipinski definition) is 1. The Kier molecular flexibility index (Phi) is 6.04. The Morgan fingerprint density at radius 2 is 2.12 bits per heavy atom. The van der Waals surface area contributed by atoms with Crippen LogP contribution in [0.15, 0.2) is 36.5 Å². The third kappa shape index (κ3) is 4.71. The van der Waals surface area contributed by atoms with E-state index < -0.39 is 0 Å². The highest BCUT2D eigenvalue weighted by atomic mass is 16.5. The van der Waals surface area contributed by atoms with E-state index in [1.165, 1.54) is 5.56 Å². The first kappa shape index (κ1) is 18.2. The third-order valence-electron chi connectivity index (χ3n) is 4.73. The van der Waals surface area contributed by atoms with E-state index in [-0.39, 0.29) is 11.8 Å². The molecule has 1 aliphatic heterocycles. The van der Waals surface area contributed by atoms with E-state index in [2.05, 4.69) is 20.2 Å². The molecule has 0 spiro atoms. The van der Waals surface area contributed by atoms with Crippen LogP contribution >= 0.6 is 0 Å². The first-order valence-corrected chi connectivity index (χ1v) is 9.11. The van der Waals surface area contributed by atoms with Crippen molar-refractivity contribution in [2.45, 2.75) is 26.2 Å². The fraction of sp³-hybridized carbons (Fsp3) is 0.450. The molecular formula is C20H26N4O2. The number of aromatic nitrogens is 2. The summed E-state index contributed by atoms with van der Waals surface area (Å²) < 4.78 is 5.16.